The third-order valence-corrected chi connectivity index (χ3v) is 5.59. The molecule has 0 bridgehead atoms. The van der Waals surface area contributed by atoms with E-state index in [2.05, 4.69) is 6.58 Å². The minimum Gasteiger partial charge on any atom is -0.466 e. The van der Waals surface area contributed by atoms with Crippen LogP contribution in [0.25, 0.3) is 17.0 Å². The van der Waals surface area contributed by atoms with Crippen molar-refractivity contribution in [2.75, 3.05) is 27.3 Å². The van der Waals surface area contributed by atoms with Crippen LogP contribution >= 0.6 is 0 Å². The zero-order chi connectivity index (χ0) is 25.8. The summed E-state index contributed by atoms with van der Waals surface area (Å²) < 4.78 is 17.3. The summed E-state index contributed by atoms with van der Waals surface area (Å²) in [5, 5.41) is 0.911. The van der Waals surface area contributed by atoms with Crippen LogP contribution in [-0.2, 0) is 30.2 Å². The number of para-hydroxylation sites is 1. The molecular weight excluding hydrogens is 448 g/mol. The Morgan fingerprint density at radius 3 is 2.40 bits per heavy atom. The molecule has 1 aliphatic rings. The Morgan fingerprint density at radius 1 is 1.09 bits per heavy atom. The summed E-state index contributed by atoms with van der Waals surface area (Å²) in [6.07, 6.45) is 5.28. The Hall–Kier alpha value is -3.81. The lowest BCUT2D eigenvalue weighted by Crippen LogP contribution is -2.33. The zero-order valence-corrected chi connectivity index (χ0v) is 20.9. The van der Waals surface area contributed by atoms with Crippen LogP contribution in [0.15, 0.2) is 54.3 Å². The van der Waals surface area contributed by atoms with Crippen LogP contribution in [-0.4, -0.2) is 60.4 Å². The lowest BCUT2D eigenvalue weighted by molar-refractivity contribution is -0.140. The minimum absolute atomic E-state index is 0.0973. The maximum absolute atomic E-state index is 13.3. The van der Waals surface area contributed by atoms with E-state index < -0.39 is 23.6 Å². The number of carbonyl (C=O) groups excluding carboxylic acids is 3. The van der Waals surface area contributed by atoms with E-state index in [4.69, 9.17) is 14.2 Å². The highest BCUT2D eigenvalue weighted by Crippen LogP contribution is 2.31. The Kier molecular flexibility index (Phi) is 7.84. The van der Waals surface area contributed by atoms with Gasteiger partial charge in [-0.1, -0.05) is 30.4 Å². The molecule has 2 aromatic rings. The lowest BCUT2D eigenvalue weighted by Gasteiger charge is -2.27. The van der Waals surface area contributed by atoms with E-state index in [-0.39, 0.29) is 17.7 Å². The SMILES string of the molecule is C=CCN1CCc2c(n(C(=O)OC(C)(C)C)c3ccccc23)/C=C\C/C(C(=O)OC)=C\1C(=O)OC. The Morgan fingerprint density at radius 2 is 1.77 bits per heavy atom. The van der Waals surface area contributed by atoms with Gasteiger partial charge < -0.3 is 19.1 Å². The zero-order valence-electron chi connectivity index (χ0n) is 20.9. The molecule has 2 heterocycles. The van der Waals surface area contributed by atoms with Crippen LogP contribution in [0.2, 0.25) is 0 Å². The van der Waals surface area contributed by atoms with Gasteiger partial charge in [0.05, 0.1) is 31.0 Å². The molecule has 0 atom stereocenters. The van der Waals surface area contributed by atoms with E-state index in [1.54, 1.807) is 27.7 Å². The number of benzene rings is 1. The van der Waals surface area contributed by atoms with Gasteiger partial charge in [0.25, 0.3) is 0 Å². The van der Waals surface area contributed by atoms with Crippen LogP contribution in [0.5, 0.6) is 0 Å². The van der Waals surface area contributed by atoms with Crippen LogP contribution < -0.4 is 0 Å². The fourth-order valence-corrected chi connectivity index (χ4v) is 4.19. The molecule has 0 N–H and O–H groups in total. The van der Waals surface area contributed by atoms with E-state index in [0.717, 1.165) is 16.5 Å². The highest BCUT2D eigenvalue weighted by molar-refractivity contribution is 6.00. The van der Waals surface area contributed by atoms with Crippen molar-refractivity contribution >= 4 is 35.0 Å². The molecule has 8 nitrogen and oxygen atoms in total. The van der Waals surface area contributed by atoms with Gasteiger partial charge in [0.15, 0.2) is 0 Å². The number of methoxy groups -OCH3 is 2. The minimum atomic E-state index is -0.675. The summed E-state index contributed by atoms with van der Waals surface area (Å²) in [4.78, 5) is 40.5. The molecule has 0 saturated heterocycles. The number of aromatic nitrogens is 1. The number of fused-ring (bicyclic) bond motifs is 3. The fraction of sp³-hybridized carbons (Fsp3) is 0.370. The number of hydrogen-bond acceptors (Lipinski definition) is 7. The van der Waals surface area contributed by atoms with Crippen molar-refractivity contribution in [3.8, 4) is 0 Å². The molecule has 0 aliphatic carbocycles. The molecule has 1 aromatic heterocycles. The predicted molar refractivity (Wildman–Crippen MR) is 134 cm³/mol. The smallest absolute Gasteiger partial charge is 0.419 e. The van der Waals surface area contributed by atoms with Crippen molar-refractivity contribution < 1.29 is 28.6 Å². The van der Waals surface area contributed by atoms with Crippen molar-refractivity contribution in [3.63, 3.8) is 0 Å². The van der Waals surface area contributed by atoms with Crippen LogP contribution in [0.3, 0.4) is 0 Å². The first-order chi connectivity index (χ1) is 16.6. The highest BCUT2D eigenvalue weighted by Gasteiger charge is 2.29. The summed E-state index contributed by atoms with van der Waals surface area (Å²) in [5.74, 6) is -1.25. The summed E-state index contributed by atoms with van der Waals surface area (Å²) in [6, 6.07) is 7.62. The molecule has 0 radical (unpaired) electrons. The second-order valence-corrected chi connectivity index (χ2v) is 9.10. The first-order valence-corrected chi connectivity index (χ1v) is 11.4. The first-order valence-electron chi connectivity index (χ1n) is 11.4. The van der Waals surface area contributed by atoms with E-state index in [1.165, 1.54) is 14.2 Å². The van der Waals surface area contributed by atoms with Gasteiger partial charge in [0.2, 0.25) is 0 Å². The molecular formula is C27H32N2O6. The molecule has 0 amide bonds. The van der Waals surface area contributed by atoms with Gasteiger partial charge >= 0.3 is 18.0 Å². The maximum Gasteiger partial charge on any atom is 0.419 e. The average Bonchev–Trinajstić information content (AvgIpc) is 3.13. The Labute approximate surface area is 205 Å². The van der Waals surface area contributed by atoms with Gasteiger partial charge in [-0.25, -0.2) is 19.0 Å². The van der Waals surface area contributed by atoms with E-state index >= 15 is 0 Å². The fourth-order valence-electron chi connectivity index (χ4n) is 4.19. The molecule has 8 heteroatoms. The summed E-state index contributed by atoms with van der Waals surface area (Å²) >= 11 is 0. The third kappa shape index (κ3) is 5.48. The van der Waals surface area contributed by atoms with Gasteiger partial charge in [-0.15, -0.1) is 6.58 Å². The molecule has 3 rings (SSSR count). The van der Waals surface area contributed by atoms with Crippen molar-refractivity contribution in [2.45, 2.75) is 39.2 Å². The van der Waals surface area contributed by atoms with E-state index in [1.807, 2.05) is 45.0 Å². The molecule has 1 aromatic carbocycles. The van der Waals surface area contributed by atoms with Crippen molar-refractivity contribution in [3.05, 3.63) is 65.5 Å². The Balaban J connectivity index is 2.24. The molecule has 0 saturated carbocycles. The van der Waals surface area contributed by atoms with Crippen molar-refractivity contribution in [1.82, 2.24) is 9.47 Å². The number of esters is 2. The number of ether oxygens (including phenoxy) is 3. The number of hydrogen-bond donors (Lipinski definition) is 0. The Bertz CT molecular complexity index is 1210. The van der Waals surface area contributed by atoms with E-state index in [9.17, 15) is 14.4 Å². The third-order valence-electron chi connectivity index (χ3n) is 5.59. The van der Waals surface area contributed by atoms with E-state index in [0.29, 0.717) is 25.2 Å². The van der Waals surface area contributed by atoms with Gasteiger partial charge in [-0.2, -0.15) is 0 Å². The highest BCUT2D eigenvalue weighted by atomic mass is 16.6. The second-order valence-electron chi connectivity index (χ2n) is 9.10. The summed E-state index contributed by atoms with van der Waals surface area (Å²) in [5.41, 5.74) is 1.96. The molecule has 0 fully saturated rings. The number of allylic oxidation sites excluding steroid dienone is 1. The normalized spacial score (nSPS) is 17.3. The van der Waals surface area contributed by atoms with Crippen LogP contribution in [0.1, 0.15) is 38.4 Å². The van der Waals surface area contributed by atoms with Crippen molar-refractivity contribution in [2.24, 2.45) is 0 Å². The summed E-state index contributed by atoms with van der Waals surface area (Å²) in [7, 11) is 2.54. The average molecular weight is 481 g/mol. The number of rotatable bonds is 4. The number of carbonyl (C=O) groups is 3. The van der Waals surface area contributed by atoms with Crippen LogP contribution in [0, 0.1) is 0 Å². The molecule has 35 heavy (non-hydrogen) atoms. The van der Waals surface area contributed by atoms with Gasteiger partial charge in [0, 0.05) is 24.9 Å². The van der Waals surface area contributed by atoms with Gasteiger partial charge in [0.1, 0.15) is 11.3 Å². The lowest BCUT2D eigenvalue weighted by atomic mass is 10.0. The molecule has 0 spiro atoms. The summed E-state index contributed by atoms with van der Waals surface area (Å²) in [6.45, 7) is 9.95. The quantitative estimate of drug-likeness (QED) is 0.362. The topological polar surface area (TPSA) is 87.1 Å². The van der Waals surface area contributed by atoms with Crippen LogP contribution in [0.4, 0.5) is 4.79 Å². The monoisotopic (exact) mass is 480 g/mol. The first kappa shape index (κ1) is 25.8. The standard InChI is InChI=1S/C27H32N2O6/c1-7-16-28-17-15-19-18-11-8-9-13-21(18)29(26(32)35-27(2,3)4)22(19)14-10-12-20(24(30)33-5)23(28)25(31)34-6/h7-11,13-14H,1,12,15-17H2,2-6H3/b14-10-,23-20+. The maximum atomic E-state index is 13.3. The number of nitrogens with zero attached hydrogens (tertiary/aromatic N) is 2. The van der Waals surface area contributed by atoms with Gasteiger partial charge in [-0.05, 0) is 44.9 Å². The van der Waals surface area contributed by atoms with Gasteiger partial charge in [-0.3, -0.25) is 0 Å². The largest absolute Gasteiger partial charge is 0.466 e. The second kappa shape index (κ2) is 10.6. The molecule has 1 aliphatic heterocycles. The van der Waals surface area contributed by atoms with Crippen molar-refractivity contribution in [1.29, 1.82) is 0 Å². The molecule has 0 unspecified atom stereocenters. The predicted octanol–water partition coefficient (Wildman–Crippen LogP) is 4.47. The molecule has 186 valence electrons.